The van der Waals surface area contributed by atoms with Crippen molar-refractivity contribution >= 4 is 0 Å². The highest BCUT2D eigenvalue weighted by atomic mass is 15.2. The summed E-state index contributed by atoms with van der Waals surface area (Å²) in [5.41, 5.74) is 0.793. The van der Waals surface area contributed by atoms with Crippen molar-refractivity contribution in [1.82, 2.24) is 10.2 Å². The zero-order chi connectivity index (χ0) is 14.0. The molecule has 1 N–H and O–H groups in total. The van der Waals surface area contributed by atoms with Gasteiger partial charge in [-0.15, -0.1) is 0 Å². The third-order valence-corrected chi connectivity index (χ3v) is 4.51. The first-order valence-corrected chi connectivity index (χ1v) is 7.60. The average molecular weight is 254 g/mol. The molecule has 2 nitrogen and oxygen atoms in total. The molecule has 0 aliphatic carbocycles. The lowest BCUT2D eigenvalue weighted by Crippen LogP contribution is -2.48. The molecular formula is C16H34N2. The van der Waals surface area contributed by atoms with Crippen LogP contribution in [0.3, 0.4) is 0 Å². The Bertz CT molecular complexity index is 242. The number of hydrogen-bond donors (Lipinski definition) is 1. The summed E-state index contributed by atoms with van der Waals surface area (Å²) in [5.74, 6) is 0.713. The molecule has 1 heterocycles. The van der Waals surface area contributed by atoms with Crippen molar-refractivity contribution in [2.45, 2.75) is 72.9 Å². The van der Waals surface area contributed by atoms with E-state index in [-0.39, 0.29) is 5.54 Å². The normalized spacial score (nSPS) is 24.8. The minimum Gasteiger partial charge on any atom is -0.312 e. The van der Waals surface area contributed by atoms with Gasteiger partial charge in [-0.3, -0.25) is 0 Å². The van der Waals surface area contributed by atoms with Gasteiger partial charge in [-0.05, 0) is 71.5 Å². The van der Waals surface area contributed by atoms with E-state index < -0.39 is 0 Å². The van der Waals surface area contributed by atoms with Crippen LogP contribution < -0.4 is 5.32 Å². The number of piperidine rings is 1. The van der Waals surface area contributed by atoms with Crippen LogP contribution in [0.5, 0.6) is 0 Å². The summed E-state index contributed by atoms with van der Waals surface area (Å²) >= 11 is 0. The summed E-state index contributed by atoms with van der Waals surface area (Å²) in [4.78, 5) is 2.68. The third kappa shape index (κ3) is 5.27. The molecule has 0 amide bonds. The quantitative estimate of drug-likeness (QED) is 0.826. The van der Waals surface area contributed by atoms with Gasteiger partial charge in [-0.25, -0.2) is 0 Å². The lowest BCUT2D eigenvalue weighted by Gasteiger charge is -2.42. The molecule has 2 unspecified atom stereocenters. The smallest absolute Gasteiger partial charge is 0.0105 e. The number of likely N-dealkylation sites (tertiary alicyclic amines) is 1. The Morgan fingerprint density at radius 2 is 1.61 bits per heavy atom. The van der Waals surface area contributed by atoms with Crippen molar-refractivity contribution in [3.8, 4) is 0 Å². The van der Waals surface area contributed by atoms with Crippen LogP contribution in [0.2, 0.25) is 0 Å². The van der Waals surface area contributed by atoms with Gasteiger partial charge in [0.2, 0.25) is 0 Å². The van der Waals surface area contributed by atoms with Crippen LogP contribution in [0.1, 0.15) is 61.3 Å². The molecule has 1 aliphatic heterocycles. The van der Waals surface area contributed by atoms with Crippen molar-refractivity contribution in [3.05, 3.63) is 0 Å². The highest BCUT2D eigenvalue weighted by molar-refractivity contribution is 4.84. The lowest BCUT2D eigenvalue weighted by molar-refractivity contribution is 0.0763. The summed E-state index contributed by atoms with van der Waals surface area (Å²) in [6, 6.07) is 0.691. The second-order valence-corrected chi connectivity index (χ2v) is 8.05. The molecule has 1 saturated heterocycles. The highest BCUT2D eigenvalue weighted by Crippen LogP contribution is 2.31. The molecule has 2 heteroatoms. The van der Waals surface area contributed by atoms with Crippen LogP contribution in [0.15, 0.2) is 0 Å². The van der Waals surface area contributed by atoms with Crippen LogP contribution in [0.4, 0.5) is 0 Å². The van der Waals surface area contributed by atoms with E-state index >= 15 is 0 Å². The van der Waals surface area contributed by atoms with E-state index in [9.17, 15) is 0 Å². The van der Waals surface area contributed by atoms with E-state index in [1.54, 1.807) is 0 Å². The minimum atomic E-state index is 0.234. The molecule has 0 saturated carbocycles. The van der Waals surface area contributed by atoms with E-state index in [0.29, 0.717) is 17.4 Å². The summed E-state index contributed by atoms with van der Waals surface area (Å²) in [6.45, 7) is 20.0. The molecular weight excluding hydrogens is 220 g/mol. The van der Waals surface area contributed by atoms with Gasteiger partial charge in [0.15, 0.2) is 0 Å². The molecule has 2 atom stereocenters. The van der Waals surface area contributed by atoms with E-state index in [0.717, 1.165) is 6.54 Å². The van der Waals surface area contributed by atoms with E-state index in [1.807, 2.05) is 0 Å². The Labute approximate surface area is 115 Å². The highest BCUT2D eigenvalue weighted by Gasteiger charge is 2.29. The number of hydrogen-bond acceptors (Lipinski definition) is 2. The summed E-state index contributed by atoms with van der Waals surface area (Å²) in [6.07, 6.45) is 2.69. The monoisotopic (exact) mass is 254 g/mol. The van der Waals surface area contributed by atoms with Gasteiger partial charge >= 0.3 is 0 Å². The van der Waals surface area contributed by atoms with Gasteiger partial charge < -0.3 is 10.2 Å². The van der Waals surface area contributed by atoms with E-state index in [2.05, 4.69) is 58.7 Å². The Hall–Kier alpha value is -0.0800. The van der Waals surface area contributed by atoms with Gasteiger partial charge in [0.1, 0.15) is 0 Å². The molecule has 18 heavy (non-hydrogen) atoms. The maximum Gasteiger partial charge on any atom is 0.0105 e. The Balaban J connectivity index is 2.38. The Kier molecular flexibility index (Phi) is 5.25. The first-order chi connectivity index (χ1) is 8.11. The van der Waals surface area contributed by atoms with Gasteiger partial charge in [-0.2, -0.15) is 0 Å². The van der Waals surface area contributed by atoms with E-state index in [1.165, 1.54) is 25.9 Å². The largest absolute Gasteiger partial charge is 0.312 e. The summed E-state index contributed by atoms with van der Waals surface area (Å²) in [7, 11) is 0. The molecule has 1 fully saturated rings. The Morgan fingerprint density at radius 1 is 1.11 bits per heavy atom. The maximum absolute atomic E-state index is 3.63. The first-order valence-electron chi connectivity index (χ1n) is 7.60. The molecule has 0 spiro atoms. The fourth-order valence-electron chi connectivity index (χ4n) is 2.53. The summed E-state index contributed by atoms with van der Waals surface area (Å²) in [5, 5.41) is 3.63. The predicted molar refractivity (Wildman–Crippen MR) is 81.0 cm³/mol. The maximum atomic E-state index is 3.63. The number of rotatable bonds is 4. The van der Waals surface area contributed by atoms with Crippen molar-refractivity contribution < 1.29 is 0 Å². The zero-order valence-corrected chi connectivity index (χ0v) is 13.6. The van der Waals surface area contributed by atoms with E-state index in [4.69, 9.17) is 0 Å². The fourth-order valence-corrected chi connectivity index (χ4v) is 2.53. The summed E-state index contributed by atoms with van der Waals surface area (Å²) < 4.78 is 0. The second-order valence-electron chi connectivity index (χ2n) is 8.05. The van der Waals surface area contributed by atoms with Gasteiger partial charge in [0.25, 0.3) is 0 Å². The zero-order valence-electron chi connectivity index (χ0n) is 13.6. The third-order valence-electron chi connectivity index (χ3n) is 4.51. The van der Waals surface area contributed by atoms with Gasteiger partial charge in [0, 0.05) is 11.6 Å². The lowest BCUT2D eigenvalue weighted by atomic mass is 9.81. The topological polar surface area (TPSA) is 15.3 Å². The van der Waals surface area contributed by atoms with Crippen LogP contribution in [0.25, 0.3) is 0 Å². The van der Waals surface area contributed by atoms with Crippen molar-refractivity contribution in [3.63, 3.8) is 0 Å². The Morgan fingerprint density at radius 3 is 2.06 bits per heavy atom. The molecule has 0 bridgehead atoms. The van der Waals surface area contributed by atoms with Crippen molar-refractivity contribution in [2.24, 2.45) is 11.3 Å². The van der Waals surface area contributed by atoms with Crippen LogP contribution >= 0.6 is 0 Å². The molecule has 0 aromatic rings. The van der Waals surface area contributed by atoms with Gasteiger partial charge in [-0.1, -0.05) is 20.8 Å². The van der Waals surface area contributed by atoms with Crippen LogP contribution in [-0.2, 0) is 0 Å². The molecule has 108 valence electrons. The standard InChI is InChI=1S/C16H34N2/c1-13(12-17-15(3,4)5)14(2)18-10-8-16(6,7)9-11-18/h13-14,17H,8-12H2,1-7H3. The SMILES string of the molecule is CC(CNC(C)(C)C)C(C)N1CCC(C)(C)CC1. The average Bonchev–Trinajstić information content (AvgIpc) is 2.24. The number of nitrogens with zero attached hydrogens (tertiary/aromatic N) is 1. The van der Waals surface area contributed by atoms with Crippen molar-refractivity contribution in [1.29, 1.82) is 0 Å². The molecule has 0 aromatic heterocycles. The van der Waals surface area contributed by atoms with Crippen LogP contribution in [0, 0.1) is 11.3 Å². The molecule has 0 aromatic carbocycles. The predicted octanol–water partition coefficient (Wildman–Crippen LogP) is 3.52. The molecule has 1 rings (SSSR count). The minimum absolute atomic E-state index is 0.234. The fraction of sp³-hybridized carbons (Fsp3) is 1.00. The van der Waals surface area contributed by atoms with Crippen LogP contribution in [-0.4, -0.2) is 36.1 Å². The number of nitrogens with one attached hydrogen (secondary N) is 1. The molecule has 0 radical (unpaired) electrons. The van der Waals surface area contributed by atoms with Crippen molar-refractivity contribution in [2.75, 3.05) is 19.6 Å². The first kappa shape index (κ1) is 16.0. The second kappa shape index (κ2) is 5.92. The van der Waals surface area contributed by atoms with Gasteiger partial charge in [0.05, 0.1) is 0 Å². The molecule has 1 aliphatic rings.